The summed E-state index contributed by atoms with van der Waals surface area (Å²) in [7, 11) is 1.85. The fraction of sp³-hybridized carbons (Fsp3) is 0.211. The largest absolute Gasteiger partial charge is 0.320 e. The number of hydrogen-bond donors (Lipinski definition) is 1. The Hall–Kier alpha value is -3.04. The van der Waals surface area contributed by atoms with Gasteiger partial charge < -0.3 is 4.90 Å². The molecule has 1 unspecified atom stereocenters. The van der Waals surface area contributed by atoms with Crippen molar-refractivity contribution in [2.24, 2.45) is 7.05 Å². The third kappa shape index (κ3) is 2.87. The molecule has 6 nitrogen and oxygen atoms in total. The zero-order chi connectivity index (χ0) is 18.1. The van der Waals surface area contributed by atoms with Crippen molar-refractivity contribution >= 4 is 17.5 Å². The van der Waals surface area contributed by atoms with Crippen molar-refractivity contribution in [3.05, 3.63) is 70.3 Å². The van der Waals surface area contributed by atoms with Crippen LogP contribution in [0.1, 0.15) is 33.2 Å². The number of H-pyrrole nitrogens is 1. The minimum atomic E-state index is -0.120. The molecule has 1 aliphatic heterocycles. The summed E-state index contributed by atoms with van der Waals surface area (Å²) in [6.45, 7) is 0.332. The Bertz CT molecular complexity index is 993. The van der Waals surface area contributed by atoms with Crippen LogP contribution in [0, 0.1) is 11.8 Å². The second-order valence-electron chi connectivity index (χ2n) is 6.09. The van der Waals surface area contributed by atoms with Gasteiger partial charge in [-0.25, -0.2) is 0 Å². The molecule has 3 aromatic rings. The number of aromatic amines is 1. The molecule has 130 valence electrons. The lowest BCUT2D eigenvalue weighted by molar-refractivity contribution is 0.0750. The van der Waals surface area contributed by atoms with E-state index in [1.807, 2.05) is 31.3 Å². The summed E-state index contributed by atoms with van der Waals surface area (Å²) in [6, 6.07) is 7.56. The molecule has 0 saturated heterocycles. The first-order chi connectivity index (χ1) is 12.6. The minimum Gasteiger partial charge on any atom is -0.320 e. The Kier molecular flexibility index (Phi) is 4.23. The van der Waals surface area contributed by atoms with Crippen molar-refractivity contribution in [2.75, 3.05) is 6.54 Å². The minimum absolute atomic E-state index is 0.00890. The van der Waals surface area contributed by atoms with E-state index in [0.29, 0.717) is 18.0 Å². The van der Waals surface area contributed by atoms with Gasteiger partial charge in [-0.15, -0.1) is 0 Å². The number of hydrogen-bond acceptors (Lipinski definition) is 3. The monoisotopic (exact) mass is 365 g/mol. The van der Waals surface area contributed by atoms with Crippen LogP contribution in [0.15, 0.2) is 42.9 Å². The van der Waals surface area contributed by atoms with Gasteiger partial charge in [0.2, 0.25) is 0 Å². The van der Waals surface area contributed by atoms with Crippen molar-refractivity contribution in [3.8, 4) is 11.8 Å². The van der Waals surface area contributed by atoms with Gasteiger partial charge in [0.25, 0.3) is 5.91 Å². The molecule has 0 spiro atoms. The number of halogens is 1. The van der Waals surface area contributed by atoms with E-state index in [9.17, 15) is 4.79 Å². The van der Waals surface area contributed by atoms with E-state index in [-0.39, 0.29) is 11.9 Å². The van der Waals surface area contributed by atoms with Gasteiger partial charge in [0.05, 0.1) is 41.3 Å². The van der Waals surface area contributed by atoms with Crippen LogP contribution in [-0.2, 0) is 13.5 Å². The van der Waals surface area contributed by atoms with Gasteiger partial charge in [-0.1, -0.05) is 41.6 Å². The maximum Gasteiger partial charge on any atom is 0.255 e. The second-order valence-corrected chi connectivity index (χ2v) is 6.50. The van der Waals surface area contributed by atoms with E-state index >= 15 is 0 Å². The highest BCUT2D eigenvalue weighted by molar-refractivity contribution is 6.31. The Balaban J connectivity index is 1.66. The molecule has 1 N–H and O–H groups in total. The molecule has 3 heterocycles. The fourth-order valence-corrected chi connectivity index (χ4v) is 3.49. The molecule has 1 atom stereocenters. The lowest BCUT2D eigenvalue weighted by atomic mass is 10.0. The van der Waals surface area contributed by atoms with E-state index in [0.717, 1.165) is 22.4 Å². The molecule has 0 saturated carbocycles. The number of benzene rings is 1. The molecule has 2 aromatic heterocycles. The van der Waals surface area contributed by atoms with Gasteiger partial charge >= 0.3 is 0 Å². The molecule has 1 amide bonds. The molecule has 0 fully saturated rings. The lowest BCUT2D eigenvalue weighted by Crippen LogP contribution is -2.30. The van der Waals surface area contributed by atoms with Gasteiger partial charge in [0.1, 0.15) is 0 Å². The number of carbonyl (C=O) groups is 1. The Labute approximate surface area is 155 Å². The van der Waals surface area contributed by atoms with Crippen LogP contribution in [0.25, 0.3) is 0 Å². The predicted octanol–water partition coefficient (Wildman–Crippen LogP) is 2.59. The van der Waals surface area contributed by atoms with Crippen LogP contribution in [0.4, 0.5) is 0 Å². The van der Waals surface area contributed by atoms with Gasteiger partial charge in [0.15, 0.2) is 0 Å². The Morgan fingerprint density at radius 3 is 2.88 bits per heavy atom. The normalized spacial score (nSPS) is 15.7. The molecule has 26 heavy (non-hydrogen) atoms. The Morgan fingerprint density at radius 2 is 2.15 bits per heavy atom. The van der Waals surface area contributed by atoms with Crippen molar-refractivity contribution in [3.63, 3.8) is 0 Å². The van der Waals surface area contributed by atoms with Crippen molar-refractivity contribution in [1.29, 1.82) is 0 Å². The average molecular weight is 366 g/mol. The zero-order valence-corrected chi connectivity index (χ0v) is 14.9. The molecule has 0 bridgehead atoms. The summed E-state index contributed by atoms with van der Waals surface area (Å²) in [5.74, 6) is 6.08. The number of rotatable bonds is 3. The van der Waals surface area contributed by atoms with Gasteiger partial charge in [0, 0.05) is 25.2 Å². The maximum atomic E-state index is 12.9. The molecule has 4 rings (SSSR count). The predicted molar refractivity (Wildman–Crippen MR) is 97.6 cm³/mol. The molecule has 0 radical (unpaired) electrons. The van der Waals surface area contributed by atoms with E-state index < -0.39 is 0 Å². The van der Waals surface area contributed by atoms with E-state index in [1.54, 1.807) is 28.2 Å². The van der Waals surface area contributed by atoms with Crippen molar-refractivity contribution in [1.82, 2.24) is 24.9 Å². The smallest absolute Gasteiger partial charge is 0.255 e. The third-order valence-electron chi connectivity index (χ3n) is 4.56. The third-order valence-corrected chi connectivity index (χ3v) is 4.88. The number of nitrogens with zero attached hydrogens (tertiary/aromatic N) is 4. The highest BCUT2D eigenvalue weighted by Crippen LogP contribution is 2.36. The van der Waals surface area contributed by atoms with Crippen LogP contribution in [0.5, 0.6) is 0 Å². The van der Waals surface area contributed by atoms with Gasteiger partial charge in [-0.05, 0) is 11.6 Å². The van der Waals surface area contributed by atoms with E-state index in [2.05, 4.69) is 27.1 Å². The molecular formula is C19H16ClN5O. The number of aromatic nitrogens is 4. The summed E-state index contributed by atoms with van der Waals surface area (Å²) < 4.78 is 1.75. The fourth-order valence-electron chi connectivity index (χ4n) is 3.24. The molecule has 7 heteroatoms. The van der Waals surface area contributed by atoms with E-state index in [4.69, 9.17) is 11.6 Å². The zero-order valence-electron chi connectivity index (χ0n) is 14.1. The molecule has 1 aliphatic rings. The number of amides is 1. The topological polar surface area (TPSA) is 66.8 Å². The SMILES string of the molecule is Cn1ncc(Cl)c1CC1c2ccccc2C(=O)N1CC#Cc1cn[nH]c1. The first-order valence-electron chi connectivity index (χ1n) is 8.19. The maximum absolute atomic E-state index is 12.9. The average Bonchev–Trinajstić information content (AvgIpc) is 3.33. The van der Waals surface area contributed by atoms with Crippen LogP contribution in [0.3, 0.4) is 0 Å². The highest BCUT2D eigenvalue weighted by atomic mass is 35.5. The van der Waals surface area contributed by atoms with Crippen molar-refractivity contribution in [2.45, 2.75) is 12.5 Å². The van der Waals surface area contributed by atoms with E-state index in [1.165, 1.54) is 0 Å². The highest BCUT2D eigenvalue weighted by Gasteiger charge is 2.36. The van der Waals surface area contributed by atoms with Crippen LogP contribution in [-0.4, -0.2) is 37.3 Å². The summed E-state index contributed by atoms with van der Waals surface area (Å²) >= 11 is 6.28. The summed E-state index contributed by atoms with van der Waals surface area (Å²) in [6.07, 6.45) is 5.59. The van der Waals surface area contributed by atoms with Crippen LogP contribution >= 0.6 is 11.6 Å². The first kappa shape index (κ1) is 16.4. The second kappa shape index (κ2) is 6.70. The standard InChI is InChI=1S/C19H16ClN5O/c1-24-18(16(20)12-23-24)9-17-14-6-2-3-7-15(14)19(26)25(17)8-4-5-13-10-21-22-11-13/h2-3,6-7,10-12,17H,8-9H2,1H3,(H,21,22). The number of carbonyl (C=O) groups excluding carboxylic acids is 1. The van der Waals surface area contributed by atoms with Crippen LogP contribution in [0.2, 0.25) is 5.02 Å². The summed E-state index contributed by atoms with van der Waals surface area (Å²) in [5, 5.41) is 11.4. The molecular weight excluding hydrogens is 350 g/mol. The quantitative estimate of drug-likeness (QED) is 0.725. The van der Waals surface area contributed by atoms with Crippen molar-refractivity contribution < 1.29 is 4.79 Å². The number of nitrogens with one attached hydrogen (secondary N) is 1. The van der Waals surface area contributed by atoms with Gasteiger partial charge in [-0.3, -0.25) is 14.6 Å². The number of aryl methyl sites for hydroxylation is 1. The summed E-state index contributed by atoms with van der Waals surface area (Å²) in [5.41, 5.74) is 3.41. The Morgan fingerprint density at radius 1 is 1.31 bits per heavy atom. The molecule has 1 aromatic carbocycles. The lowest BCUT2D eigenvalue weighted by Gasteiger charge is -2.23. The summed E-state index contributed by atoms with van der Waals surface area (Å²) in [4.78, 5) is 14.7. The molecule has 0 aliphatic carbocycles. The number of fused-ring (bicyclic) bond motifs is 1. The van der Waals surface area contributed by atoms with Crippen LogP contribution < -0.4 is 0 Å². The first-order valence-corrected chi connectivity index (χ1v) is 8.57. The van der Waals surface area contributed by atoms with Gasteiger partial charge in [-0.2, -0.15) is 10.2 Å².